The van der Waals surface area contributed by atoms with Crippen molar-refractivity contribution in [3.8, 4) is 0 Å². The van der Waals surface area contributed by atoms with Gasteiger partial charge in [-0.05, 0) is 36.4 Å². The second-order valence-corrected chi connectivity index (χ2v) is 6.11. The first-order valence-corrected chi connectivity index (χ1v) is 7.97. The number of carbonyl (C=O) groups is 2. The molecule has 0 radical (unpaired) electrons. The van der Waals surface area contributed by atoms with Gasteiger partial charge in [-0.25, -0.2) is 0 Å². The van der Waals surface area contributed by atoms with Gasteiger partial charge in [0.2, 0.25) is 0 Å². The van der Waals surface area contributed by atoms with E-state index in [0.717, 1.165) is 0 Å². The predicted molar refractivity (Wildman–Crippen MR) is 91.3 cm³/mol. The molecule has 0 fully saturated rings. The van der Waals surface area contributed by atoms with E-state index in [9.17, 15) is 9.59 Å². The smallest absolute Gasteiger partial charge is 0.306 e. The number of Topliss-reactive ketones (excluding diaryl/α,β-unsaturated/α-hetero) is 1. The van der Waals surface area contributed by atoms with Gasteiger partial charge in [-0.15, -0.1) is 0 Å². The van der Waals surface area contributed by atoms with E-state index in [2.05, 4.69) is 0 Å². The summed E-state index contributed by atoms with van der Waals surface area (Å²) in [5.41, 5.74) is 1.18. The molecule has 0 heterocycles. The number of hydrogen-bond donors (Lipinski definition) is 0. The van der Waals surface area contributed by atoms with E-state index in [1.807, 2.05) is 0 Å². The maximum Gasteiger partial charge on any atom is 0.306 e. The van der Waals surface area contributed by atoms with Crippen LogP contribution in [0.2, 0.25) is 15.1 Å². The SMILES string of the molecule is O=C(CCC(=O)c1ccc(Cl)cc1)OCc1ccc(Cl)cc1Cl. The van der Waals surface area contributed by atoms with Crippen molar-refractivity contribution in [1.29, 1.82) is 0 Å². The lowest BCUT2D eigenvalue weighted by Crippen LogP contribution is -2.08. The summed E-state index contributed by atoms with van der Waals surface area (Å²) in [5.74, 6) is -0.596. The zero-order valence-corrected chi connectivity index (χ0v) is 14.3. The molecule has 0 amide bonds. The van der Waals surface area contributed by atoms with Gasteiger partial charge >= 0.3 is 5.97 Å². The number of hydrogen-bond acceptors (Lipinski definition) is 3. The number of ether oxygens (including phenoxy) is 1. The van der Waals surface area contributed by atoms with Gasteiger partial charge in [0, 0.05) is 32.6 Å². The fraction of sp³-hybridized carbons (Fsp3) is 0.176. The van der Waals surface area contributed by atoms with Crippen molar-refractivity contribution < 1.29 is 14.3 Å². The van der Waals surface area contributed by atoms with E-state index in [-0.39, 0.29) is 25.2 Å². The molecule has 0 aliphatic rings. The Hall–Kier alpha value is -1.55. The zero-order chi connectivity index (χ0) is 16.8. The molecule has 3 nitrogen and oxygen atoms in total. The normalized spacial score (nSPS) is 10.4. The van der Waals surface area contributed by atoms with Gasteiger partial charge in [-0.2, -0.15) is 0 Å². The number of halogens is 3. The Morgan fingerprint density at radius 2 is 1.52 bits per heavy atom. The van der Waals surface area contributed by atoms with Crippen LogP contribution >= 0.6 is 34.8 Å². The van der Waals surface area contributed by atoms with Crippen molar-refractivity contribution in [2.24, 2.45) is 0 Å². The van der Waals surface area contributed by atoms with Crippen molar-refractivity contribution >= 4 is 46.6 Å². The third kappa shape index (κ3) is 5.54. The molecule has 0 aromatic heterocycles. The fourth-order valence-electron chi connectivity index (χ4n) is 1.86. The molecule has 0 bridgehead atoms. The maximum absolute atomic E-state index is 11.9. The standard InChI is InChI=1S/C17H13Cl3O3/c18-13-4-1-11(2-5-13)16(21)7-8-17(22)23-10-12-3-6-14(19)9-15(12)20/h1-6,9H,7-8,10H2. The zero-order valence-electron chi connectivity index (χ0n) is 12.0. The molecule has 0 atom stereocenters. The number of rotatable bonds is 6. The van der Waals surface area contributed by atoms with Crippen LogP contribution in [0.5, 0.6) is 0 Å². The number of carbonyl (C=O) groups excluding carboxylic acids is 2. The van der Waals surface area contributed by atoms with Gasteiger partial charge in [0.15, 0.2) is 5.78 Å². The van der Waals surface area contributed by atoms with E-state index in [0.29, 0.717) is 26.2 Å². The molecule has 0 saturated carbocycles. The lowest BCUT2D eigenvalue weighted by molar-refractivity contribution is -0.144. The van der Waals surface area contributed by atoms with Gasteiger partial charge in [-0.1, -0.05) is 40.9 Å². The fourth-order valence-corrected chi connectivity index (χ4v) is 2.45. The van der Waals surface area contributed by atoms with Gasteiger partial charge in [0.1, 0.15) is 6.61 Å². The maximum atomic E-state index is 11.9. The summed E-state index contributed by atoms with van der Waals surface area (Å²) in [4.78, 5) is 23.7. The van der Waals surface area contributed by atoms with Crippen molar-refractivity contribution in [1.82, 2.24) is 0 Å². The van der Waals surface area contributed by atoms with E-state index < -0.39 is 5.97 Å². The summed E-state index contributed by atoms with van der Waals surface area (Å²) in [7, 11) is 0. The Morgan fingerprint density at radius 1 is 0.870 bits per heavy atom. The molecule has 0 aliphatic carbocycles. The van der Waals surface area contributed by atoms with Crippen LogP contribution in [0.15, 0.2) is 42.5 Å². The van der Waals surface area contributed by atoms with E-state index >= 15 is 0 Å². The third-order valence-electron chi connectivity index (χ3n) is 3.13. The Balaban J connectivity index is 1.81. The number of benzene rings is 2. The monoisotopic (exact) mass is 370 g/mol. The van der Waals surface area contributed by atoms with Crippen molar-refractivity contribution in [3.63, 3.8) is 0 Å². The predicted octanol–water partition coefficient (Wildman–Crippen LogP) is 5.35. The Morgan fingerprint density at radius 3 is 2.17 bits per heavy atom. The minimum Gasteiger partial charge on any atom is -0.461 e. The highest BCUT2D eigenvalue weighted by molar-refractivity contribution is 6.35. The average molecular weight is 372 g/mol. The summed E-state index contributed by atoms with van der Waals surface area (Å²) in [5, 5.41) is 1.50. The minimum atomic E-state index is -0.460. The van der Waals surface area contributed by atoms with Crippen molar-refractivity contribution in [2.45, 2.75) is 19.4 Å². The summed E-state index contributed by atoms with van der Waals surface area (Å²) in [6, 6.07) is 11.5. The number of esters is 1. The molecule has 2 rings (SSSR count). The van der Waals surface area contributed by atoms with E-state index in [4.69, 9.17) is 39.5 Å². The molecular formula is C17H13Cl3O3. The first-order valence-electron chi connectivity index (χ1n) is 6.84. The summed E-state index contributed by atoms with van der Waals surface area (Å²) in [6.07, 6.45) is 0.0848. The highest BCUT2D eigenvalue weighted by Crippen LogP contribution is 2.21. The highest BCUT2D eigenvalue weighted by atomic mass is 35.5. The largest absolute Gasteiger partial charge is 0.461 e. The van der Waals surface area contributed by atoms with Gasteiger partial charge in [0.25, 0.3) is 0 Å². The molecule has 0 unspecified atom stereocenters. The average Bonchev–Trinajstić information content (AvgIpc) is 2.52. The summed E-state index contributed by atoms with van der Waals surface area (Å²) < 4.78 is 5.11. The third-order valence-corrected chi connectivity index (χ3v) is 3.97. The van der Waals surface area contributed by atoms with Crippen LogP contribution in [0.3, 0.4) is 0 Å². The van der Waals surface area contributed by atoms with Gasteiger partial charge in [-0.3, -0.25) is 9.59 Å². The molecule has 2 aromatic carbocycles. The topological polar surface area (TPSA) is 43.4 Å². The summed E-state index contributed by atoms with van der Waals surface area (Å²) in [6.45, 7) is 0.0456. The Kier molecular flexibility index (Phi) is 6.46. The second kappa shape index (κ2) is 8.34. The highest BCUT2D eigenvalue weighted by Gasteiger charge is 2.11. The Labute approximate surface area is 149 Å². The second-order valence-electron chi connectivity index (χ2n) is 4.83. The van der Waals surface area contributed by atoms with Crippen molar-refractivity contribution in [3.05, 3.63) is 68.7 Å². The van der Waals surface area contributed by atoms with E-state index in [1.54, 1.807) is 42.5 Å². The molecule has 0 spiro atoms. The first-order chi connectivity index (χ1) is 11.0. The molecule has 2 aromatic rings. The molecule has 0 N–H and O–H groups in total. The van der Waals surface area contributed by atoms with E-state index in [1.165, 1.54) is 0 Å². The van der Waals surface area contributed by atoms with Crippen LogP contribution in [0.1, 0.15) is 28.8 Å². The molecule has 120 valence electrons. The van der Waals surface area contributed by atoms with Crippen LogP contribution in [0.4, 0.5) is 0 Å². The molecule has 6 heteroatoms. The first kappa shape index (κ1) is 17.8. The molecular weight excluding hydrogens is 359 g/mol. The van der Waals surface area contributed by atoms with Crippen molar-refractivity contribution in [2.75, 3.05) is 0 Å². The van der Waals surface area contributed by atoms with Crippen LogP contribution < -0.4 is 0 Å². The van der Waals surface area contributed by atoms with Crippen LogP contribution in [-0.4, -0.2) is 11.8 Å². The summed E-state index contributed by atoms with van der Waals surface area (Å²) >= 11 is 17.5. The minimum absolute atomic E-state index is 0.00662. The quantitative estimate of drug-likeness (QED) is 0.507. The molecule has 23 heavy (non-hydrogen) atoms. The Bertz CT molecular complexity index is 712. The van der Waals surface area contributed by atoms with Crippen LogP contribution in [0, 0.1) is 0 Å². The van der Waals surface area contributed by atoms with Gasteiger partial charge in [0.05, 0.1) is 6.42 Å². The molecule has 0 aliphatic heterocycles. The molecule has 0 saturated heterocycles. The lowest BCUT2D eigenvalue weighted by atomic mass is 10.1. The van der Waals surface area contributed by atoms with Gasteiger partial charge < -0.3 is 4.74 Å². The lowest BCUT2D eigenvalue weighted by Gasteiger charge is -2.07. The number of ketones is 1. The van der Waals surface area contributed by atoms with Crippen LogP contribution in [0.25, 0.3) is 0 Å². The van der Waals surface area contributed by atoms with Crippen LogP contribution in [-0.2, 0) is 16.1 Å².